The molecule has 2 aromatic carbocycles. The largest absolute Gasteiger partial charge is 0.476 e. The lowest BCUT2D eigenvalue weighted by Gasteiger charge is -2.16. The molecule has 0 fully saturated rings. The summed E-state index contributed by atoms with van der Waals surface area (Å²) in [7, 11) is 1.66. The Kier molecular flexibility index (Phi) is 8.83. The van der Waals surface area contributed by atoms with Gasteiger partial charge in [0, 0.05) is 43.2 Å². The number of benzene rings is 2. The van der Waals surface area contributed by atoms with Gasteiger partial charge in [-0.3, -0.25) is 9.89 Å². The van der Waals surface area contributed by atoms with Gasteiger partial charge in [-0.1, -0.05) is 43.3 Å². The first-order valence-electron chi connectivity index (χ1n) is 12.4. The van der Waals surface area contributed by atoms with Crippen LogP contribution in [0.5, 0.6) is 5.88 Å². The topological polar surface area (TPSA) is 91.9 Å². The van der Waals surface area contributed by atoms with Crippen LogP contribution in [0.3, 0.4) is 0 Å². The molecule has 186 valence electrons. The number of pyridine rings is 1. The SMILES string of the molecule is CCC(=C(c1ccc(OCCNCCCC(=O)NC)nc1)c1ccc2[nH]ncc2c1)c1ccccc1. The Balaban J connectivity index is 1.51. The third kappa shape index (κ3) is 6.37. The molecule has 4 rings (SSSR count). The number of aromatic amines is 1. The molecule has 0 unspecified atom stereocenters. The van der Waals surface area contributed by atoms with Gasteiger partial charge < -0.3 is 15.4 Å². The van der Waals surface area contributed by atoms with E-state index in [1.165, 1.54) is 11.1 Å². The highest BCUT2D eigenvalue weighted by molar-refractivity contribution is 6.00. The van der Waals surface area contributed by atoms with Gasteiger partial charge in [0.05, 0.1) is 11.7 Å². The lowest BCUT2D eigenvalue weighted by atomic mass is 9.88. The number of rotatable bonds is 12. The summed E-state index contributed by atoms with van der Waals surface area (Å²) in [5.74, 6) is 0.655. The highest BCUT2D eigenvalue weighted by Gasteiger charge is 2.14. The third-order valence-electron chi connectivity index (χ3n) is 6.10. The zero-order chi connectivity index (χ0) is 25.2. The summed E-state index contributed by atoms with van der Waals surface area (Å²) in [4.78, 5) is 15.9. The number of nitrogens with zero attached hydrogens (tertiary/aromatic N) is 2. The quantitative estimate of drug-likeness (QED) is 0.198. The summed E-state index contributed by atoms with van der Waals surface area (Å²) in [6, 6.07) is 20.9. The number of ether oxygens (including phenoxy) is 1. The first-order valence-corrected chi connectivity index (χ1v) is 12.4. The molecule has 36 heavy (non-hydrogen) atoms. The Morgan fingerprint density at radius 2 is 1.81 bits per heavy atom. The van der Waals surface area contributed by atoms with Crippen molar-refractivity contribution in [3.63, 3.8) is 0 Å². The van der Waals surface area contributed by atoms with E-state index in [-0.39, 0.29) is 5.91 Å². The van der Waals surface area contributed by atoms with Crippen molar-refractivity contribution in [3.8, 4) is 5.88 Å². The number of allylic oxidation sites excluding steroid dienone is 1. The molecule has 3 N–H and O–H groups in total. The van der Waals surface area contributed by atoms with E-state index in [1.807, 2.05) is 24.5 Å². The minimum Gasteiger partial charge on any atom is -0.476 e. The van der Waals surface area contributed by atoms with Crippen LogP contribution >= 0.6 is 0 Å². The van der Waals surface area contributed by atoms with Gasteiger partial charge >= 0.3 is 0 Å². The molecule has 1 amide bonds. The molecule has 0 aliphatic rings. The van der Waals surface area contributed by atoms with Gasteiger partial charge in [-0.15, -0.1) is 0 Å². The Morgan fingerprint density at radius 1 is 0.972 bits per heavy atom. The normalized spacial score (nSPS) is 11.8. The van der Waals surface area contributed by atoms with Gasteiger partial charge in [-0.05, 0) is 59.9 Å². The van der Waals surface area contributed by atoms with Crippen molar-refractivity contribution in [3.05, 3.63) is 89.7 Å². The number of fused-ring (bicyclic) bond motifs is 1. The van der Waals surface area contributed by atoms with Crippen LogP contribution in [-0.4, -0.2) is 47.8 Å². The molecule has 0 saturated carbocycles. The van der Waals surface area contributed by atoms with Gasteiger partial charge in [0.1, 0.15) is 6.61 Å². The van der Waals surface area contributed by atoms with Crippen LogP contribution in [0.4, 0.5) is 0 Å². The Bertz CT molecular complexity index is 1300. The number of amides is 1. The van der Waals surface area contributed by atoms with Crippen molar-refractivity contribution in [2.45, 2.75) is 26.2 Å². The number of carbonyl (C=O) groups excluding carboxylic acids is 1. The number of hydrogen-bond acceptors (Lipinski definition) is 5. The van der Waals surface area contributed by atoms with Crippen LogP contribution in [0.25, 0.3) is 22.0 Å². The lowest BCUT2D eigenvalue weighted by molar-refractivity contribution is -0.120. The van der Waals surface area contributed by atoms with E-state index >= 15 is 0 Å². The number of aromatic nitrogens is 3. The summed E-state index contributed by atoms with van der Waals surface area (Å²) >= 11 is 0. The fraction of sp³-hybridized carbons (Fsp3) is 0.276. The molecule has 0 spiro atoms. The zero-order valence-corrected chi connectivity index (χ0v) is 20.9. The van der Waals surface area contributed by atoms with Gasteiger partial charge in [0.2, 0.25) is 11.8 Å². The molecule has 0 saturated heterocycles. The van der Waals surface area contributed by atoms with E-state index < -0.39 is 0 Å². The van der Waals surface area contributed by atoms with Gasteiger partial charge in [-0.25, -0.2) is 4.98 Å². The summed E-state index contributed by atoms with van der Waals surface area (Å²) in [6.07, 6.45) is 5.95. The van der Waals surface area contributed by atoms with Crippen molar-refractivity contribution in [1.29, 1.82) is 0 Å². The van der Waals surface area contributed by atoms with Crippen molar-refractivity contribution in [2.24, 2.45) is 0 Å². The number of nitrogens with one attached hydrogen (secondary N) is 3. The number of H-pyrrole nitrogens is 1. The minimum absolute atomic E-state index is 0.0638. The van der Waals surface area contributed by atoms with Crippen LogP contribution < -0.4 is 15.4 Å². The average Bonchev–Trinajstić information content (AvgIpc) is 3.40. The maximum absolute atomic E-state index is 11.3. The van der Waals surface area contributed by atoms with E-state index in [0.29, 0.717) is 25.5 Å². The standard InChI is InChI=1S/C29H33N5O2/c1-3-25(21-8-5-4-6-9-21)29(22-11-13-26-24(18-22)20-33-34-26)23-12-14-28(32-19-23)36-17-16-31-15-7-10-27(35)30-2/h4-6,8-9,11-14,18-20,31H,3,7,10,15-17H2,1-2H3,(H,30,35)(H,33,34). The molecule has 0 atom stereocenters. The summed E-state index contributed by atoms with van der Waals surface area (Å²) in [6.45, 7) is 4.17. The Hall–Kier alpha value is -3.97. The molecular weight excluding hydrogens is 450 g/mol. The first kappa shape index (κ1) is 25.1. The van der Waals surface area contributed by atoms with Crippen LogP contribution in [-0.2, 0) is 4.79 Å². The van der Waals surface area contributed by atoms with Crippen LogP contribution in [0, 0.1) is 0 Å². The number of carbonyl (C=O) groups is 1. The maximum Gasteiger partial charge on any atom is 0.219 e. The molecule has 0 aliphatic heterocycles. The fourth-order valence-electron chi connectivity index (χ4n) is 4.24. The van der Waals surface area contributed by atoms with E-state index in [4.69, 9.17) is 4.74 Å². The second-order valence-electron chi connectivity index (χ2n) is 8.51. The maximum atomic E-state index is 11.3. The zero-order valence-electron chi connectivity index (χ0n) is 20.9. The van der Waals surface area contributed by atoms with E-state index in [9.17, 15) is 4.79 Å². The van der Waals surface area contributed by atoms with Gasteiger partial charge in [0.25, 0.3) is 0 Å². The molecule has 0 radical (unpaired) electrons. The van der Waals surface area contributed by atoms with E-state index in [1.54, 1.807) is 7.05 Å². The number of hydrogen-bond donors (Lipinski definition) is 3. The van der Waals surface area contributed by atoms with Crippen molar-refractivity contribution in [1.82, 2.24) is 25.8 Å². The fourth-order valence-corrected chi connectivity index (χ4v) is 4.24. The average molecular weight is 484 g/mol. The van der Waals surface area contributed by atoms with E-state index in [2.05, 4.69) is 81.3 Å². The molecule has 0 aliphatic carbocycles. The second kappa shape index (κ2) is 12.7. The summed E-state index contributed by atoms with van der Waals surface area (Å²) < 4.78 is 5.83. The molecular formula is C29H33N5O2. The molecule has 2 aromatic heterocycles. The van der Waals surface area contributed by atoms with Crippen molar-refractivity contribution >= 4 is 28.0 Å². The highest BCUT2D eigenvalue weighted by atomic mass is 16.5. The predicted molar refractivity (Wildman–Crippen MR) is 145 cm³/mol. The molecule has 2 heterocycles. The Labute approximate surface area is 212 Å². The van der Waals surface area contributed by atoms with Gasteiger partial charge in [-0.2, -0.15) is 5.10 Å². The molecule has 0 bridgehead atoms. The summed E-state index contributed by atoms with van der Waals surface area (Å²) in [5.41, 5.74) is 6.79. The van der Waals surface area contributed by atoms with Gasteiger partial charge in [0.15, 0.2) is 0 Å². The van der Waals surface area contributed by atoms with Crippen molar-refractivity contribution in [2.75, 3.05) is 26.7 Å². The van der Waals surface area contributed by atoms with Crippen LogP contribution in [0.1, 0.15) is 42.9 Å². The summed E-state index contributed by atoms with van der Waals surface area (Å²) in [5, 5.41) is 14.2. The molecule has 7 heteroatoms. The smallest absolute Gasteiger partial charge is 0.219 e. The predicted octanol–water partition coefficient (Wildman–Crippen LogP) is 4.82. The first-order chi connectivity index (χ1) is 17.7. The third-order valence-corrected chi connectivity index (χ3v) is 6.10. The minimum atomic E-state index is 0.0638. The highest BCUT2D eigenvalue weighted by Crippen LogP contribution is 2.35. The van der Waals surface area contributed by atoms with Crippen LogP contribution in [0.15, 0.2) is 73.1 Å². The molecule has 4 aromatic rings. The Morgan fingerprint density at radius 3 is 2.56 bits per heavy atom. The second-order valence-corrected chi connectivity index (χ2v) is 8.51. The van der Waals surface area contributed by atoms with Crippen molar-refractivity contribution < 1.29 is 9.53 Å². The monoisotopic (exact) mass is 483 g/mol. The van der Waals surface area contributed by atoms with Crippen LogP contribution in [0.2, 0.25) is 0 Å². The lowest BCUT2D eigenvalue weighted by Crippen LogP contribution is -2.24. The molecule has 7 nitrogen and oxygen atoms in total. The van der Waals surface area contributed by atoms with E-state index in [0.717, 1.165) is 47.0 Å².